The van der Waals surface area contributed by atoms with Crippen LogP contribution in [-0.2, 0) is 0 Å². The highest BCUT2D eigenvalue weighted by molar-refractivity contribution is 5.87. The summed E-state index contributed by atoms with van der Waals surface area (Å²) < 4.78 is 5.50. The topological polar surface area (TPSA) is 58.6 Å². The van der Waals surface area contributed by atoms with E-state index in [2.05, 4.69) is 12.2 Å². The molecule has 1 aliphatic carbocycles. The molecule has 0 saturated heterocycles. The molecule has 4 nitrogen and oxygen atoms in total. The van der Waals surface area contributed by atoms with Crippen LogP contribution in [0.15, 0.2) is 24.3 Å². The van der Waals surface area contributed by atoms with Gasteiger partial charge in [-0.1, -0.05) is 6.92 Å². The Balaban J connectivity index is 1.69. The van der Waals surface area contributed by atoms with E-state index in [0.717, 1.165) is 12.5 Å². The zero-order chi connectivity index (χ0) is 12.3. The molecule has 1 aromatic rings. The lowest BCUT2D eigenvalue weighted by atomic mass is 10.2. The quantitative estimate of drug-likeness (QED) is 0.738. The number of hydrogen-bond acceptors (Lipinski definition) is 3. The van der Waals surface area contributed by atoms with Crippen molar-refractivity contribution >= 4 is 5.97 Å². The Bertz CT molecular complexity index is 388. The van der Waals surface area contributed by atoms with Crippen LogP contribution in [0.2, 0.25) is 0 Å². The third-order valence-electron chi connectivity index (χ3n) is 2.99. The van der Waals surface area contributed by atoms with Gasteiger partial charge in [0.25, 0.3) is 0 Å². The number of carbonyl (C=O) groups is 1. The molecular weight excluding hydrogens is 218 g/mol. The summed E-state index contributed by atoms with van der Waals surface area (Å²) in [6.45, 7) is 3.66. The first kappa shape index (κ1) is 11.9. The van der Waals surface area contributed by atoms with E-state index in [1.165, 1.54) is 6.42 Å². The molecule has 0 bridgehead atoms. The maximum atomic E-state index is 10.6. The van der Waals surface area contributed by atoms with Gasteiger partial charge in [-0.15, -0.1) is 0 Å². The standard InChI is InChI=1S/C13H17NO3/c1-9-8-12(9)14-6-7-17-11-4-2-10(3-5-11)13(15)16/h2-5,9,12,14H,6-8H2,1H3,(H,15,16). The van der Waals surface area contributed by atoms with E-state index in [4.69, 9.17) is 9.84 Å². The summed E-state index contributed by atoms with van der Waals surface area (Å²) in [6, 6.07) is 7.13. The van der Waals surface area contributed by atoms with Crippen LogP contribution in [0.4, 0.5) is 0 Å². The summed E-state index contributed by atoms with van der Waals surface area (Å²) >= 11 is 0. The van der Waals surface area contributed by atoms with E-state index in [1.54, 1.807) is 24.3 Å². The average Bonchev–Trinajstić information content (AvgIpc) is 3.01. The van der Waals surface area contributed by atoms with Gasteiger partial charge < -0.3 is 15.2 Å². The fourth-order valence-electron chi connectivity index (χ4n) is 1.71. The Morgan fingerprint density at radius 1 is 1.47 bits per heavy atom. The molecule has 2 N–H and O–H groups in total. The predicted octanol–water partition coefficient (Wildman–Crippen LogP) is 1.76. The normalized spacial score (nSPS) is 22.2. The predicted molar refractivity (Wildman–Crippen MR) is 64.5 cm³/mol. The lowest BCUT2D eigenvalue weighted by molar-refractivity contribution is 0.0697. The van der Waals surface area contributed by atoms with Gasteiger partial charge >= 0.3 is 5.97 Å². The van der Waals surface area contributed by atoms with Gasteiger partial charge in [-0.05, 0) is 36.6 Å². The maximum absolute atomic E-state index is 10.6. The Morgan fingerprint density at radius 2 is 2.12 bits per heavy atom. The van der Waals surface area contributed by atoms with Gasteiger partial charge in [0.15, 0.2) is 0 Å². The number of hydrogen-bond donors (Lipinski definition) is 2. The molecule has 1 aromatic carbocycles. The molecule has 17 heavy (non-hydrogen) atoms. The van der Waals surface area contributed by atoms with E-state index < -0.39 is 5.97 Å². The molecule has 2 unspecified atom stereocenters. The lowest BCUT2D eigenvalue weighted by Crippen LogP contribution is -2.24. The van der Waals surface area contributed by atoms with Crippen molar-refractivity contribution in [1.29, 1.82) is 0 Å². The number of carboxylic acids is 1. The Labute approximate surface area is 101 Å². The van der Waals surface area contributed by atoms with Crippen molar-refractivity contribution in [2.45, 2.75) is 19.4 Å². The zero-order valence-electron chi connectivity index (χ0n) is 9.85. The van der Waals surface area contributed by atoms with Crippen LogP contribution in [0.5, 0.6) is 5.75 Å². The second-order valence-electron chi connectivity index (χ2n) is 4.45. The van der Waals surface area contributed by atoms with Gasteiger partial charge in [0.1, 0.15) is 12.4 Å². The van der Waals surface area contributed by atoms with Crippen LogP contribution < -0.4 is 10.1 Å². The van der Waals surface area contributed by atoms with Gasteiger partial charge in [0, 0.05) is 12.6 Å². The first-order valence-electron chi connectivity index (χ1n) is 5.86. The van der Waals surface area contributed by atoms with E-state index in [1.807, 2.05) is 0 Å². The fourth-order valence-corrected chi connectivity index (χ4v) is 1.71. The molecule has 0 amide bonds. The summed E-state index contributed by atoms with van der Waals surface area (Å²) in [5.74, 6) is 0.589. The van der Waals surface area contributed by atoms with Crippen molar-refractivity contribution in [2.75, 3.05) is 13.2 Å². The number of benzene rings is 1. The molecule has 0 spiro atoms. The first-order chi connectivity index (χ1) is 8.16. The number of nitrogens with one attached hydrogen (secondary N) is 1. The number of ether oxygens (including phenoxy) is 1. The van der Waals surface area contributed by atoms with E-state index >= 15 is 0 Å². The SMILES string of the molecule is CC1CC1NCCOc1ccc(C(=O)O)cc1. The molecule has 92 valence electrons. The Hall–Kier alpha value is -1.55. The highest BCUT2D eigenvalue weighted by atomic mass is 16.5. The van der Waals surface area contributed by atoms with Gasteiger partial charge in [0.2, 0.25) is 0 Å². The van der Waals surface area contributed by atoms with Crippen molar-refractivity contribution in [3.8, 4) is 5.75 Å². The second-order valence-corrected chi connectivity index (χ2v) is 4.45. The molecule has 1 aliphatic rings. The van der Waals surface area contributed by atoms with E-state index in [0.29, 0.717) is 18.4 Å². The smallest absolute Gasteiger partial charge is 0.335 e. The molecule has 2 atom stereocenters. The Kier molecular flexibility index (Phi) is 3.64. The van der Waals surface area contributed by atoms with Crippen LogP contribution >= 0.6 is 0 Å². The van der Waals surface area contributed by atoms with Gasteiger partial charge in [-0.2, -0.15) is 0 Å². The van der Waals surface area contributed by atoms with Crippen LogP contribution in [0, 0.1) is 5.92 Å². The van der Waals surface area contributed by atoms with Crippen LogP contribution in [0.3, 0.4) is 0 Å². The van der Waals surface area contributed by atoms with Crippen molar-refractivity contribution in [2.24, 2.45) is 5.92 Å². The summed E-state index contributed by atoms with van der Waals surface area (Å²) in [4.78, 5) is 10.6. The van der Waals surface area contributed by atoms with Crippen molar-refractivity contribution in [3.63, 3.8) is 0 Å². The zero-order valence-corrected chi connectivity index (χ0v) is 9.85. The summed E-state index contributed by atoms with van der Waals surface area (Å²) in [7, 11) is 0. The number of rotatable bonds is 6. The Morgan fingerprint density at radius 3 is 2.65 bits per heavy atom. The molecule has 0 aromatic heterocycles. The molecule has 2 rings (SSSR count). The summed E-state index contributed by atoms with van der Waals surface area (Å²) in [6.07, 6.45) is 1.26. The van der Waals surface area contributed by atoms with Crippen molar-refractivity contribution in [3.05, 3.63) is 29.8 Å². The van der Waals surface area contributed by atoms with Crippen LogP contribution in [0.25, 0.3) is 0 Å². The minimum Gasteiger partial charge on any atom is -0.492 e. The maximum Gasteiger partial charge on any atom is 0.335 e. The number of carboxylic acid groups (broad SMARTS) is 1. The monoisotopic (exact) mass is 235 g/mol. The number of aromatic carboxylic acids is 1. The summed E-state index contributed by atoms with van der Waals surface area (Å²) in [5, 5.41) is 12.1. The highest BCUT2D eigenvalue weighted by Crippen LogP contribution is 2.28. The van der Waals surface area contributed by atoms with E-state index in [-0.39, 0.29) is 5.56 Å². The molecule has 0 heterocycles. The van der Waals surface area contributed by atoms with Crippen LogP contribution in [-0.4, -0.2) is 30.3 Å². The molecule has 1 saturated carbocycles. The van der Waals surface area contributed by atoms with Gasteiger partial charge in [0.05, 0.1) is 5.56 Å². The highest BCUT2D eigenvalue weighted by Gasteiger charge is 2.31. The van der Waals surface area contributed by atoms with Crippen molar-refractivity contribution in [1.82, 2.24) is 5.32 Å². The second kappa shape index (κ2) is 5.19. The third kappa shape index (κ3) is 3.46. The minimum absolute atomic E-state index is 0.280. The largest absolute Gasteiger partial charge is 0.492 e. The molecular formula is C13H17NO3. The fraction of sp³-hybridized carbons (Fsp3) is 0.462. The lowest BCUT2D eigenvalue weighted by Gasteiger charge is -2.07. The minimum atomic E-state index is -0.916. The van der Waals surface area contributed by atoms with Gasteiger partial charge in [-0.25, -0.2) is 4.79 Å². The van der Waals surface area contributed by atoms with Gasteiger partial charge in [-0.3, -0.25) is 0 Å². The van der Waals surface area contributed by atoms with Crippen molar-refractivity contribution < 1.29 is 14.6 Å². The third-order valence-corrected chi connectivity index (χ3v) is 2.99. The van der Waals surface area contributed by atoms with E-state index in [9.17, 15) is 4.79 Å². The first-order valence-corrected chi connectivity index (χ1v) is 5.86. The van der Waals surface area contributed by atoms with Crippen LogP contribution in [0.1, 0.15) is 23.7 Å². The summed E-state index contributed by atoms with van der Waals surface area (Å²) in [5.41, 5.74) is 0.280. The average molecular weight is 235 g/mol. The molecule has 1 fully saturated rings. The molecule has 0 aliphatic heterocycles. The molecule has 4 heteroatoms. The molecule has 0 radical (unpaired) electrons.